The molecule has 0 aromatic heterocycles. The highest BCUT2D eigenvalue weighted by Gasteiger charge is 2.17. The fourth-order valence-electron chi connectivity index (χ4n) is 2.06. The maximum Gasteiger partial charge on any atom is 0.344 e. The Bertz CT molecular complexity index is 822. The van der Waals surface area contributed by atoms with E-state index in [0.29, 0.717) is 16.3 Å². The lowest BCUT2D eigenvalue weighted by Crippen LogP contribution is -2.27. The van der Waals surface area contributed by atoms with Crippen molar-refractivity contribution in [2.24, 2.45) is 0 Å². The largest absolute Gasteiger partial charge is 0.482 e. The Kier molecular flexibility index (Phi) is 6.98. The highest BCUT2D eigenvalue weighted by Crippen LogP contribution is 2.34. The highest BCUT2D eigenvalue weighted by atomic mass is 35.5. The van der Waals surface area contributed by atoms with Gasteiger partial charge in [0.1, 0.15) is 11.4 Å². The van der Waals surface area contributed by atoms with Crippen molar-refractivity contribution in [2.45, 2.75) is 26.4 Å². The van der Waals surface area contributed by atoms with E-state index in [2.05, 4.69) is 5.32 Å². The molecule has 0 bridgehead atoms. The number of esters is 1. The normalized spacial score (nSPS) is 11.0. The van der Waals surface area contributed by atoms with Crippen LogP contribution in [-0.4, -0.2) is 24.1 Å². The quantitative estimate of drug-likeness (QED) is 0.625. The minimum Gasteiger partial charge on any atom is -0.482 e. The van der Waals surface area contributed by atoms with E-state index < -0.39 is 17.5 Å². The van der Waals surface area contributed by atoms with E-state index in [1.807, 2.05) is 0 Å². The highest BCUT2D eigenvalue weighted by molar-refractivity contribution is 6.42. The van der Waals surface area contributed by atoms with Gasteiger partial charge in [0.05, 0.1) is 15.7 Å². The minimum absolute atomic E-state index is 0.223. The molecule has 0 aliphatic carbocycles. The molecule has 1 amide bonds. The number of hydrogen-bond acceptors (Lipinski definition) is 4. The minimum atomic E-state index is -0.577. The third-order valence-corrected chi connectivity index (χ3v) is 3.95. The second-order valence-electron chi connectivity index (χ2n) is 6.60. The molecule has 0 spiro atoms. The Labute approximate surface area is 172 Å². The van der Waals surface area contributed by atoms with Crippen LogP contribution in [0.1, 0.15) is 31.1 Å². The molecule has 0 aliphatic heterocycles. The molecule has 2 aromatic rings. The maximum absolute atomic E-state index is 12.4. The van der Waals surface area contributed by atoms with Crippen LogP contribution in [0, 0.1) is 0 Å². The van der Waals surface area contributed by atoms with Gasteiger partial charge in [0.2, 0.25) is 0 Å². The average molecular weight is 431 g/mol. The average Bonchev–Trinajstić information content (AvgIpc) is 2.55. The molecule has 0 fully saturated rings. The Morgan fingerprint density at radius 1 is 1.00 bits per heavy atom. The first kappa shape index (κ1) is 21.4. The lowest BCUT2D eigenvalue weighted by atomic mass is 10.2. The van der Waals surface area contributed by atoms with Crippen molar-refractivity contribution >= 4 is 52.4 Å². The molecule has 0 unspecified atom stereocenters. The number of ether oxygens (including phenoxy) is 2. The number of hydrogen-bond donors (Lipinski definition) is 1. The lowest BCUT2D eigenvalue weighted by molar-refractivity contribution is -0.157. The summed E-state index contributed by atoms with van der Waals surface area (Å²) in [6, 6.07) is 9.22. The maximum atomic E-state index is 12.4. The molecule has 2 aromatic carbocycles. The summed E-state index contributed by atoms with van der Waals surface area (Å²) in [4.78, 5) is 24.0. The summed E-state index contributed by atoms with van der Waals surface area (Å²) in [5.41, 5.74) is 0.0618. The second kappa shape index (κ2) is 8.83. The summed E-state index contributed by atoms with van der Waals surface area (Å²) < 4.78 is 10.5. The number of amides is 1. The molecular weight excluding hydrogens is 413 g/mol. The summed E-state index contributed by atoms with van der Waals surface area (Å²) in [5.74, 6) is -0.448. The zero-order valence-corrected chi connectivity index (χ0v) is 17.2. The Hall–Kier alpha value is -1.95. The first-order chi connectivity index (χ1) is 12.5. The van der Waals surface area contributed by atoms with Gasteiger partial charge in [-0.2, -0.15) is 0 Å². The third-order valence-electron chi connectivity index (χ3n) is 3.14. The van der Waals surface area contributed by atoms with Gasteiger partial charge in [-0.25, -0.2) is 4.79 Å². The molecule has 1 N–H and O–H groups in total. The first-order valence-electron chi connectivity index (χ1n) is 7.96. The molecule has 0 aliphatic rings. The first-order valence-corrected chi connectivity index (χ1v) is 9.09. The van der Waals surface area contributed by atoms with E-state index in [-0.39, 0.29) is 22.3 Å². The van der Waals surface area contributed by atoms with E-state index in [9.17, 15) is 9.59 Å². The SMILES string of the molecule is CC(C)(C)OC(=O)COc1ccc(C(=O)Nc2c(Cl)cc(Cl)cc2Cl)cc1. The molecule has 8 heteroatoms. The number of nitrogens with one attached hydrogen (secondary N) is 1. The summed E-state index contributed by atoms with van der Waals surface area (Å²) >= 11 is 18.0. The fourth-order valence-corrected chi connectivity index (χ4v) is 2.97. The van der Waals surface area contributed by atoms with Crippen LogP contribution in [0.2, 0.25) is 15.1 Å². The molecule has 0 atom stereocenters. The fraction of sp³-hybridized carbons (Fsp3) is 0.263. The van der Waals surface area contributed by atoms with Crippen molar-refractivity contribution in [3.05, 3.63) is 57.0 Å². The molecular formula is C19H18Cl3NO4. The zero-order valence-electron chi connectivity index (χ0n) is 14.9. The number of carbonyl (C=O) groups is 2. The number of rotatable bonds is 5. The van der Waals surface area contributed by atoms with E-state index in [0.717, 1.165) is 0 Å². The molecule has 0 heterocycles. The standard InChI is InChI=1S/C19H18Cl3NO4/c1-19(2,3)27-16(24)10-26-13-6-4-11(5-7-13)18(25)23-17-14(21)8-12(20)9-15(17)22/h4-9H,10H2,1-3H3,(H,23,25). The van der Waals surface area contributed by atoms with Crippen LogP contribution in [0.5, 0.6) is 5.75 Å². The van der Waals surface area contributed by atoms with Gasteiger partial charge in [-0.3, -0.25) is 4.79 Å². The van der Waals surface area contributed by atoms with Gasteiger partial charge in [0.25, 0.3) is 5.91 Å². The van der Waals surface area contributed by atoms with Crippen LogP contribution in [0.25, 0.3) is 0 Å². The summed E-state index contributed by atoms with van der Waals surface area (Å²) in [5, 5.41) is 3.48. The van der Waals surface area contributed by atoms with Crippen LogP contribution in [0.3, 0.4) is 0 Å². The molecule has 144 valence electrons. The van der Waals surface area contributed by atoms with Gasteiger partial charge < -0.3 is 14.8 Å². The third kappa shape index (κ3) is 6.61. The van der Waals surface area contributed by atoms with Crippen molar-refractivity contribution in [1.29, 1.82) is 0 Å². The topological polar surface area (TPSA) is 64.6 Å². The summed E-state index contributed by atoms with van der Waals surface area (Å²) in [7, 11) is 0. The van der Waals surface area contributed by atoms with Gasteiger partial charge in [-0.05, 0) is 57.2 Å². The molecule has 27 heavy (non-hydrogen) atoms. The Morgan fingerprint density at radius 3 is 2.07 bits per heavy atom. The number of carbonyl (C=O) groups excluding carboxylic acids is 2. The van der Waals surface area contributed by atoms with Crippen molar-refractivity contribution in [3.8, 4) is 5.75 Å². The summed E-state index contributed by atoms with van der Waals surface area (Å²) in [6.45, 7) is 5.10. The van der Waals surface area contributed by atoms with Gasteiger partial charge >= 0.3 is 5.97 Å². The van der Waals surface area contributed by atoms with Crippen molar-refractivity contribution in [3.63, 3.8) is 0 Å². The second-order valence-corrected chi connectivity index (χ2v) is 7.85. The van der Waals surface area contributed by atoms with Crippen molar-refractivity contribution in [1.82, 2.24) is 0 Å². The van der Waals surface area contributed by atoms with Crippen LogP contribution < -0.4 is 10.1 Å². The van der Waals surface area contributed by atoms with E-state index in [4.69, 9.17) is 44.3 Å². The Balaban J connectivity index is 1.99. The molecule has 5 nitrogen and oxygen atoms in total. The van der Waals surface area contributed by atoms with E-state index >= 15 is 0 Å². The van der Waals surface area contributed by atoms with E-state index in [1.165, 1.54) is 12.1 Å². The number of halogens is 3. The molecule has 0 saturated carbocycles. The van der Waals surface area contributed by atoms with Crippen molar-refractivity contribution in [2.75, 3.05) is 11.9 Å². The van der Waals surface area contributed by atoms with E-state index in [1.54, 1.807) is 45.0 Å². The molecule has 0 radical (unpaired) electrons. The van der Waals surface area contributed by atoms with Crippen LogP contribution >= 0.6 is 34.8 Å². The predicted molar refractivity (Wildman–Crippen MR) is 107 cm³/mol. The smallest absolute Gasteiger partial charge is 0.344 e. The zero-order chi connectivity index (χ0) is 20.2. The van der Waals surface area contributed by atoms with Gasteiger partial charge in [0, 0.05) is 10.6 Å². The van der Waals surface area contributed by atoms with Crippen LogP contribution in [0.15, 0.2) is 36.4 Å². The molecule has 2 rings (SSSR count). The van der Waals surface area contributed by atoms with Gasteiger partial charge in [-0.15, -0.1) is 0 Å². The van der Waals surface area contributed by atoms with Gasteiger partial charge in [-0.1, -0.05) is 34.8 Å². The predicted octanol–water partition coefficient (Wildman–Crippen LogP) is 5.62. The Morgan fingerprint density at radius 2 is 1.56 bits per heavy atom. The lowest BCUT2D eigenvalue weighted by Gasteiger charge is -2.19. The van der Waals surface area contributed by atoms with Crippen LogP contribution in [0.4, 0.5) is 5.69 Å². The van der Waals surface area contributed by atoms with Crippen LogP contribution in [-0.2, 0) is 9.53 Å². The summed E-state index contributed by atoms with van der Waals surface area (Å²) in [6.07, 6.45) is 0. The molecule has 0 saturated heterocycles. The van der Waals surface area contributed by atoms with Gasteiger partial charge in [0.15, 0.2) is 6.61 Å². The monoisotopic (exact) mass is 429 g/mol. The number of anilines is 1. The number of benzene rings is 2. The van der Waals surface area contributed by atoms with Crippen molar-refractivity contribution < 1.29 is 19.1 Å².